The monoisotopic (exact) mass is 184 g/mol. The summed E-state index contributed by atoms with van der Waals surface area (Å²) >= 11 is 0. The second kappa shape index (κ2) is 3.33. The van der Waals surface area contributed by atoms with Crippen LogP contribution in [-0.4, -0.2) is 17.8 Å². The lowest BCUT2D eigenvalue weighted by atomic mass is 9.75. The average Bonchev–Trinajstić information content (AvgIpc) is 1.98. The van der Waals surface area contributed by atoms with Gasteiger partial charge in [0.2, 0.25) is 0 Å². The molecule has 0 radical (unpaired) electrons. The lowest BCUT2D eigenvalue weighted by Gasteiger charge is -2.38. The van der Waals surface area contributed by atoms with Crippen LogP contribution in [0.2, 0.25) is 0 Å². The molecule has 1 rings (SSSR count). The first kappa shape index (κ1) is 10.6. The van der Waals surface area contributed by atoms with Crippen LogP contribution in [0.5, 0.6) is 0 Å². The molecular weight excluding hydrogens is 164 g/mol. The molecule has 0 aliphatic carbocycles. The van der Waals surface area contributed by atoms with Crippen molar-refractivity contribution in [1.82, 2.24) is 0 Å². The van der Waals surface area contributed by atoms with Gasteiger partial charge in [-0.25, -0.2) is 0 Å². The Kier molecular flexibility index (Phi) is 2.71. The molecule has 0 aromatic rings. The molecule has 0 saturated carbocycles. The zero-order valence-electron chi connectivity index (χ0n) is 9.22. The van der Waals surface area contributed by atoms with E-state index >= 15 is 0 Å². The number of allylic oxidation sites excluding steroid dienone is 1. The summed E-state index contributed by atoms with van der Waals surface area (Å²) < 4.78 is 5.52. The molecule has 0 aromatic heterocycles. The second-order valence-corrected chi connectivity index (χ2v) is 4.97. The van der Waals surface area contributed by atoms with Crippen LogP contribution in [0.25, 0.3) is 0 Å². The highest BCUT2D eigenvalue weighted by atomic mass is 16.5. The summed E-state index contributed by atoms with van der Waals surface area (Å²) in [6, 6.07) is 0. The molecule has 0 amide bonds. The van der Waals surface area contributed by atoms with Crippen LogP contribution >= 0.6 is 0 Å². The van der Waals surface area contributed by atoms with Crippen LogP contribution in [-0.2, 0) is 4.74 Å². The number of aliphatic hydroxyl groups excluding tert-OH is 1. The van der Waals surface area contributed by atoms with Crippen molar-refractivity contribution in [3.8, 4) is 0 Å². The van der Waals surface area contributed by atoms with Gasteiger partial charge in [-0.15, -0.1) is 0 Å². The molecule has 0 fully saturated rings. The zero-order valence-corrected chi connectivity index (χ0v) is 9.22. The van der Waals surface area contributed by atoms with E-state index in [1.165, 1.54) is 0 Å². The van der Waals surface area contributed by atoms with Gasteiger partial charge in [0, 0.05) is 5.92 Å². The first-order valence-electron chi connectivity index (χ1n) is 4.82. The predicted molar refractivity (Wildman–Crippen MR) is 53.3 cm³/mol. The molecular formula is C11H20O2. The average molecular weight is 184 g/mol. The minimum absolute atomic E-state index is 0.0986. The van der Waals surface area contributed by atoms with Crippen molar-refractivity contribution in [3.63, 3.8) is 0 Å². The fourth-order valence-electron chi connectivity index (χ4n) is 1.65. The third kappa shape index (κ3) is 2.05. The highest BCUT2D eigenvalue weighted by molar-refractivity contribution is 5.14. The minimum atomic E-state index is -0.339. The Hall–Kier alpha value is -0.500. The normalized spacial score (nSPS) is 30.3. The van der Waals surface area contributed by atoms with E-state index in [0.29, 0.717) is 6.61 Å². The summed E-state index contributed by atoms with van der Waals surface area (Å²) in [5.74, 6) is 1.09. The number of ether oxygens (including phenoxy) is 1. The quantitative estimate of drug-likeness (QED) is 0.626. The number of aliphatic hydroxyl groups is 1. The number of hydrogen-bond acceptors (Lipinski definition) is 2. The minimum Gasteiger partial charge on any atom is -0.498 e. The Balaban J connectivity index is 2.86. The molecule has 0 saturated heterocycles. The first-order chi connectivity index (χ1) is 5.84. The highest BCUT2D eigenvalue weighted by Crippen LogP contribution is 2.35. The molecule has 0 aromatic carbocycles. The van der Waals surface area contributed by atoms with Gasteiger partial charge < -0.3 is 9.84 Å². The fraction of sp³-hybridized carbons (Fsp3) is 0.818. The third-order valence-corrected chi connectivity index (χ3v) is 2.97. The number of hydrogen-bond donors (Lipinski definition) is 1. The van der Waals surface area contributed by atoms with E-state index in [0.717, 1.165) is 11.3 Å². The van der Waals surface area contributed by atoms with Gasteiger partial charge in [0.15, 0.2) is 0 Å². The van der Waals surface area contributed by atoms with Crippen LogP contribution in [0.3, 0.4) is 0 Å². The standard InChI is InChI=1S/C11H20O2/c1-7-8(2)13-6-9(10(7)12)11(3,4)5/h9-10,12H,6H2,1-5H3. The van der Waals surface area contributed by atoms with E-state index < -0.39 is 0 Å². The maximum Gasteiger partial charge on any atom is 0.0944 e. The van der Waals surface area contributed by atoms with E-state index in [1.807, 2.05) is 13.8 Å². The predicted octanol–water partition coefficient (Wildman–Crippen LogP) is 2.33. The zero-order chi connectivity index (χ0) is 10.2. The van der Waals surface area contributed by atoms with E-state index in [2.05, 4.69) is 20.8 Å². The van der Waals surface area contributed by atoms with Crippen LogP contribution < -0.4 is 0 Å². The van der Waals surface area contributed by atoms with Crippen molar-refractivity contribution in [1.29, 1.82) is 0 Å². The summed E-state index contributed by atoms with van der Waals surface area (Å²) in [6.45, 7) is 10.9. The summed E-state index contributed by atoms with van der Waals surface area (Å²) in [5, 5.41) is 10.0. The van der Waals surface area contributed by atoms with E-state index in [1.54, 1.807) is 0 Å². The molecule has 1 aliphatic heterocycles. The van der Waals surface area contributed by atoms with E-state index in [-0.39, 0.29) is 17.4 Å². The maximum atomic E-state index is 10.0. The first-order valence-corrected chi connectivity index (χ1v) is 4.82. The summed E-state index contributed by atoms with van der Waals surface area (Å²) in [5.41, 5.74) is 1.08. The summed E-state index contributed by atoms with van der Waals surface area (Å²) in [7, 11) is 0. The van der Waals surface area contributed by atoms with E-state index in [4.69, 9.17) is 4.74 Å². The van der Waals surface area contributed by atoms with Crippen molar-refractivity contribution >= 4 is 0 Å². The molecule has 1 N–H and O–H groups in total. The van der Waals surface area contributed by atoms with E-state index in [9.17, 15) is 5.11 Å². The second-order valence-electron chi connectivity index (χ2n) is 4.97. The van der Waals surface area contributed by atoms with Crippen molar-refractivity contribution < 1.29 is 9.84 Å². The SMILES string of the molecule is CC1=C(C)C(O)C(C(C)(C)C)CO1. The molecule has 2 nitrogen and oxygen atoms in total. The molecule has 0 spiro atoms. The lowest BCUT2D eigenvalue weighted by Crippen LogP contribution is -2.39. The van der Waals surface area contributed by atoms with Crippen molar-refractivity contribution in [2.75, 3.05) is 6.61 Å². The fourth-order valence-corrected chi connectivity index (χ4v) is 1.65. The van der Waals surface area contributed by atoms with Crippen molar-refractivity contribution in [3.05, 3.63) is 11.3 Å². The molecule has 13 heavy (non-hydrogen) atoms. The van der Waals surface area contributed by atoms with Gasteiger partial charge in [-0.05, 0) is 24.8 Å². The molecule has 0 bridgehead atoms. The Bertz CT molecular complexity index is 223. The smallest absolute Gasteiger partial charge is 0.0944 e. The molecule has 76 valence electrons. The third-order valence-electron chi connectivity index (χ3n) is 2.97. The van der Waals surface area contributed by atoms with Crippen LogP contribution in [0.15, 0.2) is 11.3 Å². The van der Waals surface area contributed by atoms with Crippen LogP contribution in [0.4, 0.5) is 0 Å². The van der Waals surface area contributed by atoms with Gasteiger partial charge in [-0.1, -0.05) is 20.8 Å². The van der Waals surface area contributed by atoms with Crippen molar-refractivity contribution in [2.45, 2.75) is 40.7 Å². The Morgan fingerprint density at radius 2 is 1.85 bits per heavy atom. The van der Waals surface area contributed by atoms with Gasteiger partial charge in [0.05, 0.1) is 18.5 Å². The van der Waals surface area contributed by atoms with Crippen molar-refractivity contribution in [2.24, 2.45) is 11.3 Å². The summed E-state index contributed by atoms with van der Waals surface area (Å²) in [6.07, 6.45) is -0.339. The Morgan fingerprint density at radius 3 is 2.31 bits per heavy atom. The van der Waals surface area contributed by atoms with Gasteiger partial charge in [-0.3, -0.25) is 0 Å². The van der Waals surface area contributed by atoms with Gasteiger partial charge >= 0.3 is 0 Å². The van der Waals surface area contributed by atoms with Crippen LogP contribution in [0.1, 0.15) is 34.6 Å². The Morgan fingerprint density at radius 1 is 1.31 bits per heavy atom. The molecule has 2 unspecified atom stereocenters. The van der Waals surface area contributed by atoms with Gasteiger partial charge in [-0.2, -0.15) is 0 Å². The van der Waals surface area contributed by atoms with Gasteiger partial charge in [0.1, 0.15) is 0 Å². The summed E-state index contributed by atoms with van der Waals surface area (Å²) in [4.78, 5) is 0. The Labute approximate surface area is 80.6 Å². The largest absolute Gasteiger partial charge is 0.498 e. The highest BCUT2D eigenvalue weighted by Gasteiger charge is 2.36. The lowest BCUT2D eigenvalue weighted by molar-refractivity contribution is -0.0106. The molecule has 2 atom stereocenters. The number of rotatable bonds is 0. The van der Waals surface area contributed by atoms with Crippen LogP contribution in [0, 0.1) is 11.3 Å². The topological polar surface area (TPSA) is 29.5 Å². The van der Waals surface area contributed by atoms with Gasteiger partial charge in [0.25, 0.3) is 0 Å². The maximum absolute atomic E-state index is 10.0. The molecule has 2 heteroatoms. The molecule has 1 heterocycles. The molecule has 1 aliphatic rings.